The zero-order chi connectivity index (χ0) is 30.2. The third kappa shape index (κ3) is 4.93. The van der Waals surface area contributed by atoms with Crippen LogP contribution in [0.4, 0.5) is 11.4 Å². The summed E-state index contributed by atoms with van der Waals surface area (Å²) < 4.78 is 2.44. The standard InChI is InChI=1S/C40H48N2/c1-37(2,3)26-14-18-35-31(22-26)32-23-27(38(4,5)6)15-19-36(32)42(35)30-13-11-12-28(24-30)41-29-16-17-33-34(25-29)40(9,10)21-20-39(33,7)8/h11-19,22-25,41H,20-21H2,1-10H3. The van der Waals surface area contributed by atoms with E-state index in [0.29, 0.717) is 0 Å². The van der Waals surface area contributed by atoms with Crippen LogP contribution in [0.1, 0.15) is 104 Å². The van der Waals surface area contributed by atoms with Gasteiger partial charge in [-0.05, 0) is 111 Å². The lowest BCUT2D eigenvalue weighted by atomic mass is 9.63. The first-order valence-electron chi connectivity index (χ1n) is 15.7. The van der Waals surface area contributed by atoms with Crippen molar-refractivity contribution in [2.75, 3.05) is 5.32 Å². The van der Waals surface area contributed by atoms with Crippen LogP contribution in [-0.4, -0.2) is 4.57 Å². The molecule has 218 valence electrons. The highest BCUT2D eigenvalue weighted by Crippen LogP contribution is 2.47. The summed E-state index contributed by atoms with van der Waals surface area (Å²) in [5.41, 5.74) is 12.2. The fourth-order valence-electron chi connectivity index (χ4n) is 6.79. The fraction of sp³-hybridized carbons (Fsp3) is 0.400. The van der Waals surface area contributed by atoms with Gasteiger partial charge < -0.3 is 9.88 Å². The summed E-state index contributed by atoms with van der Waals surface area (Å²) in [6.07, 6.45) is 2.45. The van der Waals surface area contributed by atoms with E-state index in [4.69, 9.17) is 0 Å². The fourth-order valence-corrected chi connectivity index (χ4v) is 6.79. The second kappa shape index (κ2) is 9.49. The van der Waals surface area contributed by atoms with E-state index in [0.717, 1.165) is 11.4 Å². The van der Waals surface area contributed by atoms with Gasteiger partial charge in [0, 0.05) is 27.8 Å². The predicted molar refractivity (Wildman–Crippen MR) is 183 cm³/mol. The molecule has 0 atom stereocenters. The number of nitrogens with zero attached hydrogens (tertiary/aromatic N) is 1. The lowest BCUT2D eigenvalue weighted by molar-refractivity contribution is 0.332. The average molecular weight is 557 g/mol. The summed E-state index contributed by atoms with van der Waals surface area (Å²) in [7, 11) is 0. The Bertz CT molecular complexity index is 1740. The first-order chi connectivity index (χ1) is 19.5. The molecule has 2 heteroatoms. The van der Waals surface area contributed by atoms with Crippen LogP contribution in [0.25, 0.3) is 27.5 Å². The number of anilines is 2. The van der Waals surface area contributed by atoms with E-state index in [-0.39, 0.29) is 21.7 Å². The quantitative estimate of drug-likeness (QED) is 0.234. The molecule has 1 heterocycles. The molecule has 0 saturated carbocycles. The molecule has 0 saturated heterocycles. The number of nitrogens with one attached hydrogen (secondary N) is 1. The van der Waals surface area contributed by atoms with Crippen molar-refractivity contribution < 1.29 is 0 Å². The molecule has 0 radical (unpaired) electrons. The van der Waals surface area contributed by atoms with Gasteiger partial charge in [-0.3, -0.25) is 0 Å². The van der Waals surface area contributed by atoms with Crippen molar-refractivity contribution in [1.82, 2.24) is 4.57 Å². The van der Waals surface area contributed by atoms with Gasteiger partial charge in [0.2, 0.25) is 0 Å². The molecule has 0 aliphatic heterocycles. The van der Waals surface area contributed by atoms with Gasteiger partial charge in [0.25, 0.3) is 0 Å². The summed E-state index contributed by atoms with van der Waals surface area (Å²) in [6, 6.07) is 30.0. The molecular formula is C40H48N2. The van der Waals surface area contributed by atoms with Crippen molar-refractivity contribution in [3.8, 4) is 5.69 Å². The first-order valence-corrected chi connectivity index (χ1v) is 15.7. The molecule has 2 nitrogen and oxygen atoms in total. The summed E-state index contributed by atoms with van der Waals surface area (Å²) in [6.45, 7) is 23.3. The third-order valence-electron chi connectivity index (χ3n) is 9.74. The van der Waals surface area contributed by atoms with E-state index >= 15 is 0 Å². The maximum atomic E-state index is 3.76. The summed E-state index contributed by atoms with van der Waals surface area (Å²) in [4.78, 5) is 0. The number of rotatable bonds is 3. The van der Waals surface area contributed by atoms with E-state index in [1.807, 2.05) is 0 Å². The van der Waals surface area contributed by atoms with Crippen molar-refractivity contribution in [2.24, 2.45) is 0 Å². The SMILES string of the molecule is CC(C)(C)c1ccc2c(c1)c1cc(C(C)(C)C)ccc1n2-c1cccc(Nc2ccc3c(c2)C(C)(C)CCC3(C)C)c1. The van der Waals surface area contributed by atoms with Crippen LogP contribution >= 0.6 is 0 Å². The van der Waals surface area contributed by atoms with Crippen LogP contribution < -0.4 is 5.32 Å². The van der Waals surface area contributed by atoms with E-state index in [9.17, 15) is 0 Å². The second-order valence-electron chi connectivity index (χ2n) is 16.0. The summed E-state index contributed by atoms with van der Waals surface area (Å²) in [5.74, 6) is 0. The monoisotopic (exact) mass is 556 g/mol. The van der Waals surface area contributed by atoms with Crippen LogP contribution in [0.3, 0.4) is 0 Å². The van der Waals surface area contributed by atoms with Crippen LogP contribution in [0, 0.1) is 0 Å². The van der Waals surface area contributed by atoms with Gasteiger partial charge in [-0.25, -0.2) is 0 Å². The number of hydrogen-bond acceptors (Lipinski definition) is 1. The highest BCUT2D eigenvalue weighted by atomic mass is 15.0. The van der Waals surface area contributed by atoms with Gasteiger partial charge in [-0.2, -0.15) is 0 Å². The number of benzene rings is 4. The molecule has 1 aromatic heterocycles. The Hall–Kier alpha value is -3.52. The van der Waals surface area contributed by atoms with Crippen LogP contribution in [0.15, 0.2) is 78.9 Å². The summed E-state index contributed by atoms with van der Waals surface area (Å²) in [5, 5.41) is 6.40. The third-order valence-corrected chi connectivity index (χ3v) is 9.74. The Kier molecular flexibility index (Phi) is 6.46. The average Bonchev–Trinajstić information content (AvgIpc) is 3.24. The maximum absolute atomic E-state index is 3.76. The van der Waals surface area contributed by atoms with Gasteiger partial charge >= 0.3 is 0 Å². The van der Waals surface area contributed by atoms with Crippen molar-refractivity contribution in [3.63, 3.8) is 0 Å². The number of hydrogen-bond donors (Lipinski definition) is 1. The largest absolute Gasteiger partial charge is 0.355 e. The topological polar surface area (TPSA) is 17.0 Å². The van der Waals surface area contributed by atoms with Gasteiger partial charge in [-0.15, -0.1) is 0 Å². The molecule has 6 rings (SSSR count). The van der Waals surface area contributed by atoms with Crippen LogP contribution in [-0.2, 0) is 21.7 Å². The molecule has 1 aliphatic rings. The minimum Gasteiger partial charge on any atom is -0.355 e. The highest BCUT2D eigenvalue weighted by molar-refractivity contribution is 6.10. The Labute approximate surface area is 253 Å². The molecule has 1 aliphatic carbocycles. The smallest absolute Gasteiger partial charge is 0.0541 e. The maximum Gasteiger partial charge on any atom is 0.0541 e. The highest BCUT2D eigenvalue weighted by Gasteiger charge is 2.37. The van der Waals surface area contributed by atoms with Gasteiger partial charge in [0.15, 0.2) is 0 Å². The first kappa shape index (κ1) is 28.6. The van der Waals surface area contributed by atoms with Crippen molar-refractivity contribution in [1.29, 1.82) is 0 Å². The van der Waals surface area contributed by atoms with Gasteiger partial charge in [0.05, 0.1) is 11.0 Å². The minimum atomic E-state index is 0.0900. The molecule has 42 heavy (non-hydrogen) atoms. The number of aromatic nitrogens is 1. The van der Waals surface area contributed by atoms with E-state index in [1.165, 1.54) is 62.6 Å². The molecule has 0 unspecified atom stereocenters. The normalized spacial score (nSPS) is 16.5. The Balaban J connectivity index is 1.47. The minimum absolute atomic E-state index is 0.0900. The Morgan fingerprint density at radius 2 is 1.10 bits per heavy atom. The van der Waals surface area contributed by atoms with E-state index < -0.39 is 0 Å². The molecule has 0 fully saturated rings. The van der Waals surface area contributed by atoms with Crippen LogP contribution in [0.5, 0.6) is 0 Å². The van der Waals surface area contributed by atoms with Gasteiger partial charge in [-0.1, -0.05) is 93.5 Å². The molecular weight excluding hydrogens is 508 g/mol. The molecule has 4 aromatic carbocycles. The second-order valence-corrected chi connectivity index (χ2v) is 16.0. The number of fused-ring (bicyclic) bond motifs is 4. The molecule has 0 bridgehead atoms. The zero-order valence-electron chi connectivity index (χ0n) is 27.4. The zero-order valence-corrected chi connectivity index (χ0v) is 27.4. The van der Waals surface area contributed by atoms with Crippen molar-refractivity contribution in [3.05, 3.63) is 101 Å². The lowest BCUT2D eigenvalue weighted by Gasteiger charge is -2.42. The van der Waals surface area contributed by atoms with Crippen molar-refractivity contribution >= 4 is 33.2 Å². The predicted octanol–water partition coefficient (Wildman–Crippen LogP) is 11.5. The molecule has 1 N–H and O–H groups in total. The van der Waals surface area contributed by atoms with E-state index in [1.54, 1.807) is 0 Å². The molecule has 0 amide bonds. The van der Waals surface area contributed by atoms with E-state index in [2.05, 4.69) is 158 Å². The van der Waals surface area contributed by atoms with Crippen LogP contribution in [0.2, 0.25) is 0 Å². The lowest BCUT2D eigenvalue weighted by Crippen LogP contribution is -2.33. The Morgan fingerprint density at radius 1 is 0.571 bits per heavy atom. The Morgan fingerprint density at radius 3 is 1.64 bits per heavy atom. The molecule has 5 aromatic rings. The summed E-state index contributed by atoms with van der Waals surface area (Å²) >= 11 is 0. The van der Waals surface area contributed by atoms with Crippen molar-refractivity contribution in [2.45, 2.75) is 104 Å². The molecule has 0 spiro atoms. The van der Waals surface area contributed by atoms with Gasteiger partial charge in [0.1, 0.15) is 0 Å².